The van der Waals surface area contributed by atoms with Gasteiger partial charge in [-0.1, -0.05) is 36.4 Å². The minimum atomic E-state index is -0.799. The maximum atomic E-state index is 13.5. The van der Waals surface area contributed by atoms with E-state index >= 15 is 0 Å². The topological polar surface area (TPSA) is 147 Å². The zero-order chi connectivity index (χ0) is 34.7. The molecule has 256 valence electrons. The number of hydrogen-bond donors (Lipinski definition) is 4. The smallest absolute Gasteiger partial charge is 0.242 e. The van der Waals surface area contributed by atoms with Gasteiger partial charge in [0, 0.05) is 47.3 Å². The van der Waals surface area contributed by atoms with Gasteiger partial charge in [-0.3, -0.25) is 19.4 Å². The van der Waals surface area contributed by atoms with Crippen LogP contribution in [0.2, 0.25) is 0 Å². The van der Waals surface area contributed by atoms with E-state index in [1.165, 1.54) is 0 Å². The highest BCUT2D eigenvalue weighted by atomic mass is 16.7. The third kappa shape index (κ3) is 5.34. The Labute approximate surface area is 286 Å². The number of aromatic hydroxyl groups is 2. The van der Waals surface area contributed by atoms with E-state index in [4.69, 9.17) is 9.47 Å². The molecule has 11 nitrogen and oxygen atoms in total. The number of phenolic OH excluding ortho intramolecular Hbond substituents is 2. The summed E-state index contributed by atoms with van der Waals surface area (Å²) in [5, 5.41) is 39.9. The van der Waals surface area contributed by atoms with Crippen molar-refractivity contribution in [3.63, 3.8) is 0 Å². The summed E-state index contributed by atoms with van der Waals surface area (Å²) in [5.41, 5.74) is 6.70. The first-order valence-electron chi connectivity index (χ1n) is 17.0. The van der Waals surface area contributed by atoms with Crippen molar-refractivity contribution in [2.24, 2.45) is 0 Å². The Bertz CT molecular complexity index is 1870. The van der Waals surface area contributed by atoms with Crippen molar-refractivity contribution in [2.45, 2.75) is 89.6 Å². The summed E-state index contributed by atoms with van der Waals surface area (Å²) in [6.07, 6.45) is 1.79. The molecule has 0 aromatic heterocycles. The number of likely N-dealkylation sites (N-methyl/N-ethyl adjacent to an activating group) is 1. The molecular weight excluding hydrogens is 622 g/mol. The Hall–Kier alpha value is -4.79. The van der Waals surface area contributed by atoms with Crippen LogP contribution in [0.1, 0.15) is 69.9 Å². The molecule has 0 aliphatic carbocycles. The lowest BCUT2D eigenvalue weighted by Gasteiger charge is -2.60. The van der Waals surface area contributed by atoms with E-state index in [1.807, 2.05) is 51.2 Å². The van der Waals surface area contributed by atoms with Gasteiger partial charge in [0.25, 0.3) is 0 Å². The van der Waals surface area contributed by atoms with Crippen LogP contribution in [0.4, 0.5) is 0 Å². The van der Waals surface area contributed by atoms with Crippen molar-refractivity contribution in [3.05, 3.63) is 80.9 Å². The number of fused-ring (bicyclic) bond motifs is 9. The Balaban J connectivity index is 1.23. The summed E-state index contributed by atoms with van der Waals surface area (Å²) in [5.74, 6) is 0.757. The number of hydrogen-bond acceptors (Lipinski definition) is 9. The van der Waals surface area contributed by atoms with Gasteiger partial charge in [-0.2, -0.15) is 5.26 Å². The van der Waals surface area contributed by atoms with Crippen LogP contribution in [0.3, 0.4) is 0 Å². The number of nitriles is 1. The molecule has 0 spiro atoms. The average Bonchev–Trinajstić information content (AvgIpc) is 3.58. The first-order chi connectivity index (χ1) is 23.5. The summed E-state index contributed by atoms with van der Waals surface area (Å²) < 4.78 is 11.9. The molecule has 2 amide bonds. The number of rotatable bonds is 7. The van der Waals surface area contributed by atoms with Crippen LogP contribution in [0.15, 0.2) is 36.4 Å². The monoisotopic (exact) mass is 665 g/mol. The Morgan fingerprint density at radius 3 is 2.49 bits per heavy atom. The van der Waals surface area contributed by atoms with Crippen LogP contribution in [0.25, 0.3) is 0 Å². The molecule has 4 aliphatic rings. The highest BCUT2D eigenvalue weighted by molar-refractivity contribution is 5.87. The quantitative estimate of drug-likeness (QED) is 0.296. The molecule has 2 unspecified atom stereocenters. The number of aryl methyl sites for hydroxylation is 2. The van der Waals surface area contributed by atoms with Crippen molar-refractivity contribution in [2.75, 3.05) is 20.4 Å². The summed E-state index contributed by atoms with van der Waals surface area (Å²) in [6, 6.07) is 11.7. The number of carbonyl (C=O) groups is 2. The number of nitrogens with zero attached hydrogens (tertiary/aromatic N) is 3. The van der Waals surface area contributed by atoms with Gasteiger partial charge in [0.2, 0.25) is 18.6 Å². The molecular formula is C38H43N5O6. The fourth-order valence-corrected chi connectivity index (χ4v) is 8.54. The molecule has 1 saturated heterocycles. The van der Waals surface area contributed by atoms with Crippen LogP contribution >= 0.6 is 0 Å². The normalized spacial score (nSPS) is 24.2. The van der Waals surface area contributed by atoms with Crippen LogP contribution in [0.5, 0.6) is 23.0 Å². The Morgan fingerprint density at radius 1 is 1.02 bits per heavy atom. The lowest BCUT2D eigenvalue weighted by molar-refractivity contribution is -0.129. The van der Waals surface area contributed by atoms with E-state index in [1.54, 1.807) is 13.8 Å². The van der Waals surface area contributed by atoms with Crippen LogP contribution in [0, 0.1) is 32.1 Å². The summed E-state index contributed by atoms with van der Waals surface area (Å²) in [6.45, 7) is 7.45. The van der Waals surface area contributed by atoms with Crippen molar-refractivity contribution in [3.8, 4) is 29.1 Å². The highest BCUT2D eigenvalue weighted by Crippen LogP contribution is 2.57. The van der Waals surface area contributed by atoms with E-state index in [9.17, 15) is 25.1 Å². The third-order valence-electron chi connectivity index (χ3n) is 11.2. The molecule has 4 aliphatic heterocycles. The van der Waals surface area contributed by atoms with E-state index in [2.05, 4.69) is 32.6 Å². The van der Waals surface area contributed by atoms with Gasteiger partial charge in [-0.15, -0.1) is 0 Å². The number of carbonyl (C=O) groups excluding carboxylic acids is 2. The van der Waals surface area contributed by atoms with E-state index < -0.39 is 18.1 Å². The Kier molecular flexibility index (Phi) is 8.41. The molecule has 49 heavy (non-hydrogen) atoms. The predicted octanol–water partition coefficient (Wildman–Crippen LogP) is 3.78. The van der Waals surface area contributed by atoms with Gasteiger partial charge in [-0.25, -0.2) is 0 Å². The second-order valence-electron chi connectivity index (χ2n) is 13.9. The van der Waals surface area contributed by atoms with Gasteiger partial charge >= 0.3 is 0 Å². The summed E-state index contributed by atoms with van der Waals surface area (Å²) >= 11 is 0. The van der Waals surface area contributed by atoms with Crippen molar-refractivity contribution in [1.29, 1.82) is 5.26 Å². The van der Waals surface area contributed by atoms with Gasteiger partial charge in [0.15, 0.2) is 11.5 Å². The Morgan fingerprint density at radius 2 is 1.76 bits per heavy atom. The van der Waals surface area contributed by atoms with Crippen LogP contribution < -0.4 is 20.1 Å². The third-order valence-corrected chi connectivity index (χ3v) is 11.2. The van der Waals surface area contributed by atoms with Gasteiger partial charge in [-0.05, 0) is 76.3 Å². The molecule has 0 radical (unpaired) electrons. The number of benzene rings is 3. The van der Waals surface area contributed by atoms with Gasteiger partial charge in [0.1, 0.15) is 23.6 Å². The largest absolute Gasteiger partial charge is 0.507 e. The molecule has 0 saturated carbocycles. The number of ether oxygens (including phenoxy) is 2. The summed E-state index contributed by atoms with van der Waals surface area (Å²) in [7, 11) is 2.01. The molecule has 2 bridgehead atoms. The molecule has 4 N–H and O–H groups in total. The number of phenols is 2. The zero-order valence-corrected chi connectivity index (χ0v) is 28.5. The average molecular weight is 666 g/mol. The maximum Gasteiger partial charge on any atom is 0.242 e. The first kappa shape index (κ1) is 32.7. The minimum absolute atomic E-state index is 0.00381. The number of nitrogens with one attached hydrogen (secondary N) is 2. The zero-order valence-electron chi connectivity index (χ0n) is 28.5. The number of amides is 2. The standard InChI is InChI=1S/C38H43N5O6/c1-19-13-24-14-26-28(16-39)43-27(33(42(26)5)31(24)35(46)20(19)2)15-25-32(37-36(48-18-49-37)21(3)34(25)45)29(43)17-40-38(47)22(4)41-30(44)12-11-23-9-7-6-8-10-23/h6-10,13,22,26-29,33,45-46H,11-12,14-15,17-18H2,1-5H3,(H,40,47)(H,41,44)/t22?,26-,27?,28-,29-,33-/m0/s1. The second kappa shape index (κ2) is 12.6. The van der Waals surface area contributed by atoms with Gasteiger partial charge < -0.3 is 30.3 Å². The van der Waals surface area contributed by atoms with Crippen molar-refractivity contribution in [1.82, 2.24) is 20.4 Å². The fourth-order valence-electron chi connectivity index (χ4n) is 8.54. The second-order valence-corrected chi connectivity index (χ2v) is 13.9. The van der Waals surface area contributed by atoms with Gasteiger partial charge in [0.05, 0.1) is 18.2 Å². The van der Waals surface area contributed by atoms with E-state index in [0.717, 1.165) is 27.8 Å². The minimum Gasteiger partial charge on any atom is -0.507 e. The lowest BCUT2D eigenvalue weighted by atomic mass is 9.71. The molecule has 11 heteroatoms. The molecule has 6 atom stereocenters. The fraction of sp³-hybridized carbons (Fsp3) is 0.447. The van der Waals surface area contributed by atoms with Crippen molar-refractivity contribution >= 4 is 11.8 Å². The summed E-state index contributed by atoms with van der Waals surface area (Å²) in [4.78, 5) is 30.7. The SMILES string of the molecule is Cc1cc2c(c(O)c1C)[C@@H]1C3Cc4c(O)c(C)c5c(c4[C@H](CNC(=O)C(C)NC(=O)CCc4ccccc4)N3[C@@H](C#N)[C@H](C2)N1C)OCO5. The van der Waals surface area contributed by atoms with Crippen LogP contribution in [-0.2, 0) is 28.9 Å². The van der Waals surface area contributed by atoms with Crippen molar-refractivity contribution < 1.29 is 29.3 Å². The first-order valence-corrected chi connectivity index (χ1v) is 17.0. The lowest BCUT2D eigenvalue weighted by Crippen LogP contribution is -2.69. The molecule has 3 aromatic rings. The molecule has 7 rings (SSSR count). The van der Waals surface area contributed by atoms with Crippen LogP contribution in [-0.4, -0.2) is 76.4 Å². The maximum absolute atomic E-state index is 13.5. The van der Waals surface area contributed by atoms with E-state index in [-0.39, 0.29) is 61.2 Å². The predicted molar refractivity (Wildman–Crippen MR) is 181 cm³/mol. The van der Waals surface area contributed by atoms with E-state index in [0.29, 0.717) is 47.5 Å². The number of piperazine rings is 1. The molecule has 4 heterocycles. The molecule has 3 aromatic carbocycles. The molecule has 1 fully saturated rings. The highest BCUT2D eigenvalue weighted by Gasteiger charge is 2.56.